The average molecular weight is 445 g/mol. The molecule has 3 aromatic rings. The van der Waals surface area contributed by atoms with Gasteiger partial charge in [0.15, 0.2) is 0 Å². The zero-order valence-corrected chi connectivity index (χ0v) is 17.4. The van der Waals surface area contributed by atoms with Crippen molar-refractivity contribution in [1.82, 2.24) is 5.43 Å². The zero-order valence-electron chi connectivity index (χ0n) is 17.4. The second-order valence-electron chi connectivity index (χ2n) is 6.81. The van der Waals surface area contributed by atoms with E-state index in [4.69, 9.17) is 0 Å². The minimum atomic E-state index is -0.556. The third-order valence-electron chi connectivity index (χ3n) is 4.37. The number of rotatable bonds is 7. The summed E-state index contributed by atoms with van der Waals surface area (Å²) in [5.41, 5.74) is 4.26. The SMILES string of the molecule is CC(=O)Nc1ccc(/C=N\NC(=O)c2ccccc2NC(=O)c2ccc([N+](=O)[O-])cc2)cc1. The van der Waals surface area contributed by atoms with Crippen LogP contribution in [0.5, 0.6) is 0 Å². The largest absolute Gasteiger partial charge is 0.326 e. The summed E-state index contributed by atoms with van der Waals surface area (Å²) in [5.74, 6) is -1.24. The van der Waals surface area contributed by atoms with E-state index < -0.39 is 16.7 Å². The highest BCUT2D eigenvalue weighted by Crippen LogP contribution is 2.18. The number of nitro benzene ring substituents is 1. The van der Waals surface area contributed by atoms with Crippen molar-refractivity contribution in [3.05, 3.63) is 99.6 Å². The Morgan fingerprint density at radius 1 is 0.879 bits per heavy atom. The molecule has 33 heavy (non-hydrogen) atoms. The molecule has 0 aliphatic heterocycles. The molecule has 0 heterocycles. The monoisotopic (exact) mass is 445 g/mol. The lowest BCUT2D eigenvalue weighted by molar-refractivity contribution is -0.384. The van der Waals surface area contributed by atoms with E-state index in [9.17, 15) is 24.5 Å². The number of nitrogens with zero attached hydrogens (tertiary/aromatic N) is 2. The summed E-state index contributed by atoms with van der Waals surface area (Å²) < 4.78 is 0. The van der Waals surface area contributed by atoms with E-state index >= 15 is 0 Å². The fourth-order valence-electron chi connectivity index (χ4n) is 2.80. The fourth-order valence-corrected chi connectivity index (χ4v) is 2.80. The highest BCUT2D eigenvalue weighted by Gasteiger charge is 2.14. The van der Waals surface area contributed by atoms with Gasteiger partial charge in [0.25, 0.3) is 17.5 Å². The molecule has 0 atom stereocenters. The number of hydrogen-bond acceptors (Lipinski definition) is 6. The molecule has 0 aliphatic rings. The predicted molar refractivity (Wildman–Crippen MR) is 123 cm³/mol. The topological polar surface area (TPSA) is 143 Å². The van der Waals surface area contributed by atoms with E-state index in [-0.39, 0.29) is 28.4 Å². The molecule has 0 saturated heterocycles. The van der Waals surface area contributed by atoms with E-state index in [2.05, 4.69) is 21.2 Å². The van der Waals surface area contributed by atoms with Gasteiger partial charge in [-0.3, -0.25) is 24.5 Å². The molecular formula is C23H19N5O5. The van der Waals surface area contributed by atoms with Gasteiger partial charge in [0.1, 0.15) is 0 Å². The van der Waals surface area contributed by atoms with Crippen molar-refractivity contribution >= 4 is 41.0 Å². The fraction of sp³-hybridized carbons (Fsp3) is 0.0435. The Morgan fingerprint density at radius 2 is 1.55 bits per heavy atom. The Labute approximate surface area is 188 Å². The standard InChI is InChI=1S/C23H19N5O5/c1-15(29)25-18-10-6-16(7-11-18)14-24-27-23(31)20-4-2-3-5-21(20)26-22(30)17-8-12-19(13-9-17)28(32)33/h2-14H,1H3,(H,25,29)(H,26,30)(H,27,31)/b24-14-. The van der Waals surface area contributed by atoms with Crippen LogP contribution in [0, 0.1) is 10.1 Å². The predicted octanol–water partition coefficient (Wildman–Crippen LogP) is 3.57. The third kappa shape index (κ3) is 6.31. The summed E-state index contributed by atoms with van der Waals surface area (Å²) in [6.45, 7) is 1.41. The van der Waals surface area contributed by atoms with E-state index in [1.54, 1.807) is 42.5 Å². The summed E-state index contributed by atoms with van der Waals surface area (Å²) in [7, 11) is 0. The van der Waals surface area contributed by atoms with Crippen molar-refractivity contribution < 1.29 is 19.3 Å². The van der Waals surface area contributed by atoms with Gasteiger partial charge in [0, 0.05) is 30.3 Å². The van der Waals surface area contributed by atoms with Crippen LogP contribution in [0.1, 0.15) is 33.2 Å². The molecule has 0 fully saturated rings. The first kappa shape index (κ1) is 22.8. The van der Waals surface area contributed by atoms with Crippen LogP contribution in [-0.4, -0.2) is 28.9 Å². The van der Waals surface area contributed by atoms with Gasteiger partial charge < -0.3 is 10.6 Å². The molecule has 3 aromatic carbocycles. The highest BCUT2D eigenvalue weighted by molar-refractivity contribution is 6.09. The molecule has 3 rings (SSSR count). The van der Waals surface area contributed by atoms with Crippen LogP contribution < -0.4 is 16.1 Å². The minimum Gasteiger partial charge on any atom is -0.326 e. The molecule has 0 unspecified atom stereocenters. The summed E-state index contributed by atoms with van der Waals surface area (Å²) in [5, 5.41) is 20.0. The Kier molecular flexibility index (Phi) is 7.22. The number of nitrogens with one attached hydrogen (secondary N) is 3. The van der Waals surface area contributed by atoms with Gasteiger partial charge in [0.05, 0.1) is 22.4 Å². The zero-order chi connectivity index (χ0) is 23.8. The molecule has 3 amide bonds. The van der Waals surface area contributed by atoms with Crippen molar-refractivity contribution in [3.63, 3.8) is 0 Å². The van der Waals surface area contributed by atoms with Crippen LogP contribution in [0.3, 0.4) is 0 Å². The number of carbonyl (C=O) groups excluding carboxylic acids is 3. The second kappa shape index (κ2) is 10.4. The second-order valence-corrected chi connectivity index (χ2v) is 6.81. The van der Waals surface area contributed by atoms with Crippen molar-refractivity contribution in [1.29, 1.82) is 0 Å². The van der Waals surface area contributed by atoms with Crippen LogP contribution in [0.4, 0.5) is 17.1 Å². The molecule has 10 heteroatoms. The van der Waals surface area contributed by atoms with Gasteiger partial charge in [-0.05, 0) is 42.0 Å². The molecule has 0 saturated carbocycles. The number of amides is 3. The Hall–Kier alpha value is -4.86. The summed E-state index contributed by atoms with van der Waals surface area (Å²) in [4.78, 5) is 46.3. The van der Waals surface area contributed by atoms with E-state index in [1.165, 1.54) is 43.5 Å². The van der Waals surface area contributed by atoms with Crippen molar-refractivity contribution in [2.24, 2.45) is 5.10 Å². The smallest absolute Gasteiger partial charge is 0.273 e. The molecule has 0 spiro atoms. The van der Waals surface area contributed by atoms with Crippen LogP contribution in [-0.2, 0) is 4.79 Å². The number of carbonyl (C=O) groups is 3. The number of non-ortho nitro benzene ring substituents is 1. The molecule has 3 N–H and O–H groups in total. The van der Waals surface area contributed by atoms with E-state index in [0.717, 1.165) is 0 Å². The summed E-state index contributed by atoms with van der Waals surface area (Å²) in [6, 6.07) is 18.3. The van der Waals surface area contributed by atoms with Gasteiger partial charge in [-0.2, -0.15) is 5.10 Å². The van der Waals surface area contributed by atoms with Gasteiger partial charge in [-0.1, -0.05) is 24.3 Å². The molecule has 0 aliphatic carbocycles. The maximum atomic E-state index is 12.6. The lowest BCUT2D eigenvalue weighted by Gasteiger charge is -2.10. The first-order valence-electron chi connectivity index (χ1n) is 9.69. The molecule has 10 nitrogen and oxygen atoms in total. The van der Waals surface area contributed by atoms with Gasteiger partial charge in [-0.15, -0.1) is 0 Å². The lowest BCUT2D eigenvalue weighted by atomic mass is 10.1. The molecule has 0 radical (unpaired) electrons. The Balaban J connectivity index is 1.66. The number of hydrazone groups is 1. The Morgan fingerprint density at radius 3 is 2.18 bits per heavy atom. The first-order valence-corrected chi connectivity index (χ1v) is 9.69. The number of hydrogen-bond donors (Lipinski definition) is 3. The Bertz CT molecular complexity index is 1220. The van der Waals surface area contributed by atoms with Crippen molar-refractivity contribution in [2.75, 3.05) is 10.6 Å². The number of para-hydroxylation sites is 1. The molecule has 0 bridgehead atoms. The van der Waals surface area contributed by atoms with Crippen LogP contribution in [0.25, 0.3) is 0 Å². The first-order chi connectivity index (χ1) is 15.8. The van der Waals surface area contributed by atoms with Crippen LogP contribution in [0.2, 0.25) is 0 Å². The van der Waals surface area contributed by atoms with Crippen LogP contribution >= 0.6 is 0 Å². The maximum absolute atomic E-state index is 12.6. The van der Waals surface area contributed by atoms with Gasteiger partial charge in [-0.25, -0.2) is 5.43 Å². The molecular weight excluding hydrogens is 426 g/mol. The average Bonchev–Trinajstić information content (AvgIpc) is 2.80. The van der Waals surface area contributed by atoms with Crippen molar-refractivity contribution in [3.8, 4) is 0 Å². The summed E-state index contributed by atoms with van der Waals surface area (Å²) >= 11 is 0. The highest BCUT2D eigenvalue weighted by atomic mass is 16.6. The minimum absolute atomic E-state index is 0.131. The summed E-state index contributed by atoms with van der Waals surface area (Å²) in [6.07, 6.45) is 1.44. The lowest BCUT2D eigenvalue weighted by Crippen LogP contribution is -2.21. The molecule has 166 valence electrons. The number of nitro groups is 1. The third-order valence-corrected chi connectivity index (χ3v) is 4.37. The molecule has 0 aromatic heterocycles. The quantitative estimate of drug-likeness (QED) is 0.289. The van der Waals surface area contributed by atoms with Gasteiger partial charge in [0.2, 0.25) is 5.91 Å². The normalized spacial score (nSPS) is 10.5. The maximum Gasteiger partial charge on any atom is 0.273 e. The number of benzene rings is 3. The van der Waals surface area contributed by atoms with E-state index in [1.807, 2.05) is 0 Å². The van der Waals surface area contributed by atoms with Gasteiger partial charge >= 0.3 is 0 Å². The van der Waals surface area contributed by atoms with Crippen molar-refractivity contribution in [2.45, 2.75) is 6.92 Å². The van der Waals surface area contributed by atoms with Crippen LogP contribution in [0.15, 0.2) is 77.9 Å². The number of anilines is 2. The van der Waals surface area contributed by atoms with E-state index in [0.29, 0.717) is 11.3 Å².